The molecule has 0 spiro atoms. The summed E-state index contributed by atoms with van der Waals surface area (Å²) in [5.74, 6) is 1.82. The van der Waals surface area contributed by atoms with Gasteiger partial charge >= 0.3 is 0 Å². The molecule has 1 amide bonds. The fourth-order valence-corrected chi connectivity index (χ4v) is 7.45. The Labute approximate surface area is 323 Å². The van der Waals surface area contributed by atoms with E-state index >= 15 is 0 Å². The van der Waals surface area contributed by atoms with Crippen molar-refractivity contribution >= 4 is 5.91 Å². The Kier molecular flexibility index (Phi) is 19.4. The highest BCUT2D eigenvalue weighted by Crippen LogP contribution is 2.39. The van der Waals surface area contributed by atoms with E-state index in [2.05, 4.69) is 30.4 Å². The molecule has 2 aromatic carbocycles. The third-order valence-corrected chi connectivity index (χ3v) is 10.7. The van der Waals surface area contributed by atoms with E-state index in [1.54, 1.807) is 19.2 Å². The van der Waals surface area contributed by atoms with Gasteiger partial charge in [0.15, 0.2) is 11.5 Å². The van der Waals surface area contributed by atoms with Crippen LogP contribution >= 0.6 is 0 Å². The molecule has 0 aliphatic carbocycles. The predicted octanol–water partition coefficient (Wildman–Crippen LogP) is 8.20. The smallest absolute Gasteiger partial charge is 0.294 e. The maximum atomic E-state index is 11.6. The molecule has 1 aliphatic heterocycles. The number of benzene rings is 2. The zero-order valence-electron chi connectivity index (χ0n) is 33.5. The number of carbonyl (C=O) groups is 1. The Bertz CT molecular complexity index is 1460. The Morgan fingerprint density at radius 1 is 0.926 bits per heavy atom. The van der Waals surface area contributed by atoms with Crippen LogP contribution in [0.25, 0.3) is 0 Å². The third-order valence-electron chi connectivity index (χ3n) is 10.7. The van der Waals surface area contributed by atoms with Crippen molar-refractivity contribution in [2.75, 3.05) is 54.1 Å². The third kappa shape index (κ3) is 14.6. The van der Waals surface area contributed by atoms with Crippen molar-refractivity contribution in [2.45, 2.75) is 128 Å². The quantitative estimate of drug-likeness (QED) is 0.0540. The van der Waals surface area contributed by atoms with E-state index in [1.807, 2.05) is 42.5 Å². The number of rotatable bonds is 27. The molecule has 1 aliphatic rings. The summed E-state index contributed by atoms with van der Waals surface area (Å²) in [4.78, 5) is 29.9. The van der Waals surface area contributed by atoms with Crippen molar-refractivity contribution in [3.63, 3.8) is 0 Å². The highest BCUT2D eigenvalue weighted by Gasteiger charge is 2.39. The Hall–Kier alpha value is -4.08. The number of unbranched alkanes of at least 4 members (excludes halogenated alkanes) is 9. The van der Waals surface area contributed by atoms with Crippen LogP contribution in [0.2, 0.25) is 0 Å². The SMILES string of the molecule is CCCCCCCCCCCCC(C#N)(CCCN(C)CCc1ccccc1OC1(CO[N+](=O)[O-])CCN(NC(C)=O)CC1)c1ccc(OC)c(OC)c1. The number of hydrogen-bond acceptors (Lipinski definition) is 10. The number of likely N-dealkylation sites (N-methyl/N-ethyl adjacent to an activating group) is 1. The van der Waals surface area contributed by atoms with E-state index < -0.39 is 16.1 Å². The van der Waals surface area contributed by atoms with Crippen LogP contribution in [0.3, 0.4) is 0 Å². The van der Waals surface area contributed by atoms with Gasteiger partial charge in [-0.15, -0.1) is 10.1 Å². The molecular weight excluding hydrogens is 686 g/mol. The number of ether oxygens (including phenoxy) is 3. The molecule has 0 saturated carbocycles. The number of carbonyl (C=O) groups excluding carboxylic acids is 1. The zero-order valence-corrected chi connectivity index (χ0v) is 33.5. The number of hydrogen-bond donors (Lipinski definition) is 1. The summed E-state index contributed by atoms with van der Waals surface area (Å²) in [5.41, 5.74) is 3.25. The van der Waals surface area contributed by atoms with Gasteiger partial charge in [-0.1, -0.05) is 95.4 Å². The lowest BCUT2D eigenvalue weighted by atomic mass is 9.74. The summed E-state index contributed by atoms with van der Waals surface area (Å²) in [5, 5.41) is 23.0. The average Bonchev–Trinajstić information content (AvgIpc) is 3.17. The van der Waals surface area contributed by atoms with Crippen LogP contribution in [0.1, 0.15) is 121 Å². The van der Waals surface area contributed by atoms with Crippen molar-refractivity contribution in [3.8, 4) is 23.3 Å². The number of amides is 1. The summed E-state index contributed by atoms with van der Waals surface area (Å²) in [6.45, 7) is 6.07. The van der Waals surface area contributed by atoms with Gasteiger partial charge < -0.3 is 23.9 Å². The summed E-state index contributed by atoms with van der Waals surface area (Å²) >= 11 is 0. The van der Waals surface area contributed by atoms with Gasteiger partial charge in [-0.25, -0.2) is 5.01 Å². The summed E-state index contributed by atoms with van der Waals surface area (Å²) in [6.07, 6.45) is 16.5. The number of hydrazine groups is 1. The monoisotopic (exact) mass is 751 g/mol. The van der Waals surface area contributed by atoms with Crippen LogP contribution in [0, 0.1) is 21.4 Å². The number of methoxy groups -OCH3 is 2. The van der Waals surface area contributed by atoms with Crippen molar-refractivity contribution in [1.82, 2.24) is 15.3 Å². The van der Waals surface area contributed by atoms with E-state index in [0.29, 0.717) is 49.6 Å². The number of piperidine rings is 1. The molecule has 1 N–H and O–H groups in total. The molecule has 0 aromatic heterocycles. The molecule has 12 heteroatoms. The van der Waals surface area contributed by atoms with Crippen molar-refractivity contribution in [1.29, 1.82) is 5.26 Å². The molecule has 54 heavy (non-hydrogen) atoms. The second-order valence-electron chi connectivity index (χ2n) is 14.9. The van der Waals surface area contributed by atoms with Gasteiger partial charge in [-0.3, -0.25) is 10.2 Å². The Morgan fingerprint density at radius 3 is 2.17 bits per heavy atom. The summed E-state index contributed by atoms with van der Waals surface area (Å²) in [6, 6.07) is 16.5. The maximum absolute atomic E-state index is 11.6. The van der Waals surface area contributed by atoms with Gasteiger partial charge in [0.2, 0.25) is 5.91 Å². The van der Waals surface area contributed by atoms with E-state index in [0.717, 1.165) is 56.3 Å². The number of nitrogens with one attached hydrogen (secondary N) is 1. The number of nitriles is 1. The van der Waals surface area contributed by atoms with Gasteiger partial charge in [0, 0.05) is 39.4 Å². The summed E-state index contributed by atoms with van der Waals surface area (Å²) < 4.78 is 17.7. The van der Waals surface area contributed by atoms with Crippen LogP contribution in [-0.2, 0) is 21.5 Å². The van der Waals surface area contributed by atoms with Crippen molar-refractivity contribution in [3.05, 3.63) is 63.7 Å². The van der Waals surface area contributed by atoms with Crippen LogP contribution in [0.4, 0.5) is 0 Å². The topological polar surface area (TPSA) is 139 Å². The molecule has 12 nitrogen and oxygen atoms in total. The molecule has 1 heterocycles. The molecule has 1 atom stereocenters. The zero-order chi connectivity index (χ0) is 39.2. The van der Waals surface area contributed by atoms with Crippen LogP contribution in [0.15, 0.2) is 42.5 Å². The second kappa shape index (κ2) is 23.6. The minimum absolute atomic E-state index is 0.159. The first-order chi connectivity index (χ1) is 26.1. The first-order valence-electron chi connectivity index (χ1n) is 20.0. The van der Waals surface area contributed by atoms with Crippen molar-refractivity contribution in [2.24, 2.45) is 0 Å². The average molecular weight is 752 g/mol. The molecule has 0 radical (unpaired) electrons. The first-order valence-corrected chi connectivity index (χ1v) is 20.0. The minimum atomic E-state index is -0.900. The van der Waals surface area contributed by atoms with Crippen LogP contribution < -0.4 is 19.6 Å². The predicted molar refractivity (Wildman–Crippen MR) is 211 cm³/mol. The highest BCUT2D eigenvalue weighted by atomic mass is 17.0. The van der Waals surface area contributed by atoms with E-state index in [-0.39, 0.29) is 12.5 Å². The lowest BCUT2D eigenvalue weighted by Gasteiger charge is -2.41. The molecular formula is C42H65N5O7. The molecule has 1 unspecified atom stereocenters. The standard InChI is InChI=1S/C42H65N5O7/c1-6-7-8-9-10-11-12-13-14-17-24-41(33-43,37-21-22-39(51-4)40(32-37)52-5)25-18-28-45(3)29-23-36-19-15-16-20-38(36)54-42(34-53-47(49)50)26-30-46(31-27-42)44-35(2)48/h15-16,19-22,32H,6-14,17-18,23-31,34H2,1-5H3,(H,44,48). The van der Waals surface area contributed by atoms with Crippen LogP contribution in [0.5, 0.6) is 17.2 Å². The van der Waals surface area contributed by atoms with E-state index in [1.165, 1.54) is 58.3 Å². The van der Waals surface area contributed by atoms with Gasteiger partial charge in [-0.05, 0) is 68.6 Å². The fraction of sp³-hybridized carbons (Fsp3) is 0.667. The lowest BCUT2D eigenvalue weighted by Crippen LogP contribution is -2.55. The molecule has 1 fully saturated rings. The molecule has 2 aromatic rings. The molecule has 3 rings (SSSR count). The Morgan fingerprint density at radius 2 is 1.56 bits per heavy atom. The molecule has 300 valence electrons. The van der Waals surface area contributed by atoms with E-state index in [4.69, 9.17) is 19.0 Å². The number of nitrogens with zero attached hydrogens (tertiary/aromatic N) is 4. The van der Waals surface area contributed by atoms with Gasteiger partial charge in [0.05, 0.1) is 25.7 Å². The molecule has 1 saturated heterocycles. The summed E-state index contributed by atoms with van der Waals surface area (Å²) in [7, 11) is 5.36. The van der Waals surface area contributed by atoms with Crippen molar-refractivity contribution < 1.29 is 28.9 Å². The van der Waals surface area contributed by atoms with Gasteiger partial charge in [-0.2, -0.15) is 5.26 Å². The number of para-hydroxylation sites is 1. The maximum Gasteiger partial charge on any atom is 0.294 e. The van der Waals surface area contributed by atoms with Gasteiger partial charge in [0.1, 0.15) is 18.0 Å². The van der Waals surface area contributed by atoms with Crippen LogP contribution in [-0.4, -0.2) is 80.6 Å². The first kappa shape index (κ1) is 44.3. The minimum Gasteiger partial charge on any atom is -0.493 e. The Balaban J connectivity index is 1.61. The lowest BCUT2D eigenvalue weighted by molar-refractivity contribution is -0.760. The van der Waals surface area contributed by atoms with E-state index in [9.17, 15) is 20.2 Å². The highest BCUT2D eigenvalue weighted by molar-refractivity contribution is 5.72. The fourth-order valence-electron chi connectivity index (χ4n) is 7.45. The molecule has 0 bridgehead atoms. The van der Waals surface area contributed by atoms with Gasteiger partial charge in [0.25, 0.3) is 5.09 Å². The largest absolute Gasteiger partial charge is 0.493 e. The second-order valence-corrected chi connectivity index (χ2v) is 14.9. The normalized spacial score (nSPS) is 15.2.